The van der Waals surface area contributed by atoms with Gasteiger partial charge in [0, 0.05) is 44.6 Å². The van der Waals surface area contributed by atoms with Gasteiger partial charge in [-0.3, -0.25) is 9.69 Å². The maximum absolute atomic E-state index is 13.4. The van der Waals surface area contributed by atoms with E-state index in [2.05, 4.69) is 9.64 Å². The van der Waals surface area contributed by atoms with Crippen molar-refractivity contribution in [3.63, 3.8) is 0 Å². The van der Waals surface area contributed by atoms with Crippen LogP contribution in [0.15, 0.2) is 15.7 Å². The van der Waals surface area contributed by atoms with E-state index in [9.17, 15) is 18.0 Å². The van der Waals surface area contributed by atoms with E-state index in [1.54, 1.807) is 4.90 Å². The zero-order valence-electron chi connectivity index (χ0n) is 19.3. The fourth-order valence-electron chi connectivity index (χ4n) is 4.45. The number of sulfonamides is 1. The molecule has 32 heavy (non-hydrogen) atoms. The molecule has 9 nitrogen and oxygen atoms in total. The molecule has 0 spiro atoms. The molecule has 180 valence electrons. The van der Waals surface area contributed by atoms with E-state index in [0.717, 1.165) is 11.3 Å². The molecule has 0 aromatic carbocycles. The fourth-order valence-corrected chi connectivity index (χ4v) is 7.17. The second kappa shape index (κ2) is 10.2. The molecule has 11 heteroatoms. The van der Waals surface area contributed by atoms with Crippen molar-refractivity contribution in [1.82, 2.24) is 14.1 Å². The summed E-state index contributed by atoms with van der Waals surface area (Å²) in [6, 6.07) is 1.09. The minimum Gasteiger partial charge on any atom is -0.465 e. The zero-order chi connectivity index (χ0) is 23.6. The summed E-state index contributed by atoms with van der Waals surface area (Å²) >= 11 is 0.999. The van der Waals surface area contributed by atoms with Crippen molar-refractivity contribution >= 4 is 33.2 Å². The SMILES string of the molecule is COC(=O)c1csc(S(=O)(=O)N2CCN(C(=O)C(C(C)C)N3CC(C)OC(C)C3)CC2)c1. The predicted molar refractivity (Wildman–Crippen MR) is 121 cm³/mol. The molecule has 1 aromatic rings. The van der Waals surface area contributed by atoms with Gasteiger partial charge in [0.15, 0.2) is 0 Å². The number of morpholine rings is 1. The summed E-state index contributed by atoms with van der Waals surface area (Å²) in [6.45, 7) is 10.7. The first-order valence-corrected chi connectivity index (χ1v) is 13.2. The standard InChI is InChI=1S/C21H33N3O6S2/c1-14(2)19(23-11-15(3)30-16(4)12-23)20(25)22-6-8-24(9-7-22)32(27,28)18-10-17(13-31-18)21(26)29-5/h10,13-16,19H,6-9,11-12H2,1-5H3. The van der Waals surface area contributed by atoms with Crippen molar-refractivity contribution in [2.24, 2.45) is 5.92 Å². The zero-order valence-corrected chi connectivity index (χ0v) is 20.9. The molecule has 1 amide bonds. The van der Waals surface area contributed by atoms with Crippen molar-refractivity contribution in [3.8, 4) is 0 Å². The Bertz CT molecular complexity index is 914. The number of hydrogen-bond acceptors (Lipinski definition) is 8. The van der Waals surface area contributed by atoms with E-state index in [0.29, 0.717) is 26.2 Å². The summed E-state index contributed by atoms with van der Waals surface area (Å²) in [5, 5.41) is 1.48. The number of amides is 1. The molecule has 0 radical (unpaired) electrons. The maximum atomic E-state index is 13.4. The van der Waals surface area contributed by atoms with Gasteiger partial charge in [-0.1, -0.05) is 13.8 Å². The number of methoxy groups -OCH3 is 1. The van der Waals surface area contributed by atoms with Crippen LogP contribution < -0.4 is 0 Å². The number of carbonyl (C=O) groups excluding carboxylic acids is 2. The van der Waals surface area contributed by atoms with Crippen LogP contribution in [0.5, 0.6) is 0 Å². The summed E-state index contributed by atoms with van der Waals surface area (Å²) in [5.41, 5.74) is 0.221. The van der Waals surface area contributed by atoms with Crippen LogP contribution in [0.3, 0.4) is 0 Å². The molecule has 2 aliphatic rings. The van der Waals surface area contributed by atoms with E-state index in [1.807, 2.05) is 27.7 Å². The first-order valence-electron chi connectivity index (χ1n) is 10.9. The van der Waals surface area contributed by atoms with Crippen LogP contribution in [0.2, 0.25) is 0 Å². The highest BCUT2D eigenvalue weighted by Crippen LogP contribution is 2.26. The molecule has 0 aliphatic carbocycles. The number of nitrogens with zero attached hydrogens (tertiary/aromatic N) is 3. The Balaban J connectivity index is 1.66. The Morgan fingerprint density at radius 2 is 1.72 bits per heavy atom. The average Bonchev–Trinajstić information content (AvgIpc) is 3.23. The lowest BCUT2D eigenvalue weighted by Crippen LogP contribution is -2.60. The first kappa shape index (κ1) is 25.1. The molecule has 1 aromatic heterocycles. The number of ether oxygens (including phenoxy) is 2. The molecule has 0 bridgehead atoms. The molecule has 0 N–H and O–H groups in total. The summed E-state index contributed by atoms with van der Waals surface area (Å²) < 4.78 is 38.0. The van der Waals surface area contributed by atoms with Crippen LogP contribution in [0.25, 0.3) is 0 Å². The monoisotopic (exact) mass is 487 g/mol. The maximum Gasteiger partial charge on any atom is 0.338 e. The van der Waals surface area contributed by atoms with Crippen LogP contribution in [0.1, 0.15) is 38.1 Å². The second-order valence-electron chi connectivity index (χ2n) is 8.78. The van der Waals surface area contributed by atoms with Crippen molar-refractivity contribution in [2.75, 3.05) is 46.4 Å². The summed E-state index contributed by atoms with van der Waals surface area (Å²) in [6.07, 6.45) is 0.130. The lowest BCUT2D eigenvalue weighted by molar-refractivity contribution is -0.146. The van der Waals surface area contributed by atoms with Gasteiger partial charge in [0.05, 0.1) is 30.9 Å². The molecular formula is C21H33N3O6S2. The largest absolute Gasteiger partial charge is 0.465 e. The normalized spacial score (nSPS) is 24.5. The fraction of sp³-hybridized carbons (Fsp3) is 0.714. The predicted octanol–water partition coefficient (Wildman–Crippen LogP) is 1.50. The Hall–Kier alpha value is -1.53. The molecule has 3 atom stereocenters. The van der Waals surface area contributed by atoms with Crippen molar-refractivity contribution in [1.29, 1.82) is 0 Å². The molecule has 0 saturated carbocycles. The van der Waals surface area contributed by atoms with Gasteiger partial charge in [-0.2, -0.15) is 4.31 Å². The quantitative estimate of drug-likeness (QED) is 0.561. The number of piperazine rings is 1. The average molecular weight is 488 g/mol. The molecule has 2 fully saturated rings. The summed E-state index contributed by atoms with van der Waals surface area (Å²) in [4.78, 5) is 29.1. The second-order valence-corrected chi connectivity index (χ2v) is 11.9. The van der Waals surface area contributed by atoms with Gasteiger partial charge in [0.25, 0.3) is 10.0 Å². The first-order chi connectivity index (χ1) is 15.0. The van der Waals surface area contributed by atoms with E-state index < -0.39 is 16.0 Å². The molecule has 3 unspecified atom stereocenters. The molecule has 3 heterocycles. The number of hydrogen-bond donors (Lipinski definition) is 0. The Kier molecular flexibility index (Phi) is 7.97. The van der Waals surface area contributed by atoms with Gasteiger partial charge in [0.1, 0.15) is 4.21 Å². The lowest BCUT2D eigenvalue weighted by atomic mass is 9.98. The summed E-state index contributed by atoms with van der Waals surface area (Å²) in [5.74, 6) is -0.392. The minimum absolute atomic E-state index is 0.0439. The van der Waals surface area contributed by atoms with Gasteiger partial charge in [0.2, 0.25) is 5.91 Å². The third kappa shape index (κ3) is 5.33. The third-order valence-electron chi connectivity index (χ3n) is 5.87. The molecule has 3 rings (SSSR count). The molecule has 2 aliphatic heterocycles. The van der Waals surface area contributed by atoms with Crippen LogP contribution >= 0.6 is 11.3 Å². The molecular weight excluding hydrogens is 454 g/mol. The number of thiophene rings is 1. The van der Waals surface area contributed by atoms with Crippen molar-refractivity contribution in [2.45, 2.75) is 50.2 Å². The number of esters is 1. The highest BCUT2D eigenvalue weighted by molar-refractivity contribution is 7.91. The third-order valence-corrected chi connectivity index (χ3v) is 9.18. The van der Waals surface area contributed by atoms with Crippen molar-refractivity contribution < 1.29 is 27.5 Å². The van der Waals surface area contributed by atoms with Crippen molar-refractivity contribution in [3.05, 3.63) is 17.0 Å². The van der Waals surface area contributed by atoms with E-state index in [1.165, 1.54) is 22.9 Å². The van der Waals surface area contributed by atoms with Gasteiger partial charge >= 0.3 is 5.97 Å². The lowest BCUT2D eigenvalue weighted by Gasteiger charge is -2.43. The van der Waals surface area contributed by atoms with E-state index in [-0.39, 0.29) is 52.9 Å². The highest BCUT2D eigenvalue weighted by Gasteiger charge is 2.38. The Labute approximate surface area is 194 Å². The minimum atomic E-state index is -3.72. The van der Waals surface area contributed by atoms with Gasteiger partial charge in [-0.05, 0) is 25.8 Å². The van der Waals surface area contributed by atoms with Crippen LogP contribution in [-0.2, 0) is 24.3 Å². The van der Waals surface area contributed by atoms with Gasteiger partial charge in [-0.15, -0.1) is 11.3 Å². The van der Waals surface area contributed by atoms with Gasteiger partial charge in [-0.25, -0.2) is 13.2 Å². The summed E-state index contributed by atoms with van der Waals surface area (Å²) in [7, 11) is -2.47. The van der Waals surface area contributed by atoms with E-state index in [4.69, 9.17) is 4.74 Å². The number of carbonyl (C=O) groups is 2. The van der Waals surface area contributed by atoms with E-state index >= 15 is 0 Å². The topological polar surface area (TPSA) is 96.5 Å². The van der Waals surface area contributed by atoms with Crippen LogP contribution in [-0.4, -0.2) is 99.0 Å². The van der Waals surface area contributed by atoms with Crippen LogP contribution in [0.4, 0.5) is 0 Å². The molecule has 2 saturated heterocycles. The van der Waals surface area contributed by atoms with Crippen LogP contribution in [0, 0.1) is 5.92 Å². The highest BCUT2D eigenvalue weighted by atomic mass is 32.2. The Morgan fingerprint density at radius 3 is 2.25 bits per heavy atom. The Morgan fingerprint density at radius 1 is 1.12 bits per heavy atom. The van der Waals surface area contributed by atoms with Gasteiger partial charge < -0.3 is 14.4 Å². The number of rotatable bonds is 6. The smallest absolute Gasteiger partial charge is 0.338 e.